The Hall–Kier alpha value is -5.74. The van der Waals surface area contributed by atoms with E-state index in [1.165, 1.54) is 36.7 Å². The third-order valence-corrected chi connectivity index (χ3v) is 3.94. The molecule has 0 fully saturated rings. The van der Waals surface area contributed by atoms with Crippen molar-refractivity contribution < 1.29 is 19.7 Å². The molecule has 16 nitrogen and oxygen atoms in total. The molecule has 5 N–H and O–H groups in total. The Kier molecular flexibility index (Phi) is 15.6. The van der Waals surface area contributed by atoms with E-state index in [4.69, 9.17) is 10.9 Å². The van der Waals surface area contributed by atoms with Gasteiger partial charge in [0.05, 0.1) is 21.8 Å². The van der Waals surface area contributed by atoms with Gasteiger partial charge in [-0.1, -0.05) is 12.1 Å². The van der Waals surface area contributed by atoms with Crippen molar-refractivity contribution in [3.8, 4) is 0 Å². The first kappa shape index (κ1) is 32.3. The van der Waals surface area contributed by atoms with E-state index in [0.717, 1.165) is 12.5 Å². The van der Waals surface area contributed by atoms with Crippen LogP contribution >= 0.6 is 0 Å². The molecule has 0 radical (unpaired) electrons. The number of nitrogen functional groups attached to an aromatic ring is 1. The Balaban J connectivity index is 0.000000309. The Bertz CT molecular complexity index is 1310. The van der Waals surface area contributed by atoms with Crippen molar-refractivity contribution in [3.63, 3.8) is 0 Å². The van der Waals surface area contributed by atoms with Crippen LogP contribution in [0.2, 0.25) is 0 Å². The third-order valence-electron chi connectivity index (χ3n) is 3.94. The van der Waals surface area contributed by atoms with Crippen LogP contribution in [-0.2, 0) is 0 Å². The van der Waals surface area contributed by atoms with Gasteiger partial charge in [0.2, 0.25) is 0 Å². The van der Waals surface area contributed by atoms with Crippen LogP contribution in [0.25, 0.3) is 0 Å². The molecule has 16 heteroatoms. The second-order valence-corrected chi connectivity index (χ2v) is 6.78. The standard InChI is InChI=1S/C11H9N5O2.C6H5NO.C5H6N4O2.C2H6O/c17-16(18)10-4-5-11(13-8-10)15-14-7-9-3-1-2-6-12-9;8-5-6-3-1-2-4-7-6;6-8-5-2-1-4(3-7-5)9(10)11;1-2-3/h1-8H,(H,13,15);1-5H;1-3H,6H2,(H,7,8);3H,2H2,1H3/b14-7+;;;. The number of nitro groups is 2. The molecule has 4 aromatic rings. The van der Waals surface area contributed by atoms with Crippen LogP contribution in [0.1, 0.15) is 23.1 Å². The number of aldehydes is 1. The summed E-state index contributed by atoms with van der Waals surface area (Å²) in [5.41, 5.74) is 5.98. The Labute approximate surface area is 227 Å². The molecule has 0 spiro atoms. The number of aliphatic hydroxyl groups excluding tert-OH is 1. The van der Waals surface area contributed by atoms with E-state index in [2.05, 4.69) is 35.9 Å². The predicted octanol–water partition coefficient (Wildman–Crippen LogP) is 3.00. The van der Waals surface area contributed by atoms with Crippen molar-refractivity contribution in [2.24, 2.45) is 10.9 Å². The summed E-state index contributed by atoms with van der Waals surface area (Å²) < 4.78 is 0. The minimum Gasteiger partial charge on any atom is -0.397 e. The number of rotatable bonds is 7. The van der Waals surface area contributed by atoms with Crippen LogP contribution in [0.4, 0.5) is 23.0 Å². The van der Waals surface area contributed by atoms with Crippen molar-refractivity contribution in [2.45, 2.75) is 6.92 Å². The largest absolute Gasteiger partial charge is 0.397 e. The van der Waals surface area contributed by atoms with E-state index in [1.807, 2.05) is 12.1 Å². The van der Waals surface area contributed by atoms with Gasteiger partial charge in [-0.2, -0.15) is 5.10 Å². The Morgan fingerprint density at radius 3 is 1.70 bits per heavy atom. The molecule has 0 aromatic carbocycles. The number of aliphatic hydroxyl groups is 1. The summed E-state index contributed by atoms with van der Waals surface area (Å²) in [6.07, 6.45) is 7.80. The normalized spacial score (nSPS) is 9.38. The summed E-state index contributed by atoms with van der Waals surface area (Å²) >= 11 is 0. The number of nitrogens with one attached hydrogen (secondary N) is 2. The van der Waals surface area contributed by atoms with Crippen molar-refractivity contribution in [1.29, 1.82) is 0 Å². The average molecular weight is 551 g/mol. The molecule has 0 bridgehead atoms. The van der Waals surface area contributed by atoms with E-state index in [0.29, 0.717) is 23.0 Å². The SMILES string of the molecule is CCO.NNc1ccc([N+](=O)[O-])cn1.O=Cc1ccccn1.O=[N+]([O-])c1ccc(N/N=C/c2ccccn2)nc1. The number of carbonyl (C=O) groups is 1. The van der Waals surface area contributed by atoms with E-state index >= 15 is 0 Å². The summed E-state index contributed by atoms with van der Waals surface area (Å²) in [5.74, 6) is 5.82. The zero-order chi connectivity index (χ0) is 29.6. The number of nitrogens with two attached hydrogens (primary N) is 1. The third kappa shape index (κ3) is 13.5. The van der Waals surface area contributed by atoms with Gasteiger partial charge < -0.3 is 10.5 Å². The maximum Gasteiger partial charge on any atom is 0.287 e. The van der Waals surface area contributed by atoms with Crippen molar-refractivity contribution in [1.82, 2.24) is 19.9 Å². The molecular formula is C24H26N10O6. The lowest BCUT2D eigenvalue weighted by molar-refractivity contribution is -0.385. The molecule has 4 aromatic heterocycles. The van der Waals surface area contributed by atoms with E-state index in [-0.39, 0.29) is 18.0 Å². The maximum atomic E-state index is 10.4. The van der Waals surface area contributed by atoms with Gasteiger partial charge in [0.25, 0.3) is 11.4 Å². The van der Waals surface area contributed by atoms with Crippen LogP contribution in [0.15, 0.2) is 90.6 Å². The Morgan fingerprint density at radius 1 is 0.850 bits per heavy atom. The number of anilines is 2. The van der Waals surface area contributed by atoms with E-state index < -0.39 is 9.85 Å². The Morgan fingerprint density at radius 2 is 1.35 bits per heavy atom. The topological polar surface area (TPSA) is 238 Å². The number of aromatic nitrogens is 4. The van der Waals surface area contributed by atoms with Crippen LogP contribution in [0.3, 0.4) is 0 Å². The van der Waals surface area contributed by atoms with Gasteiger partial charge in [0, 0.05) is 31.1 Å². The lowest BCUT2D eigenvalue weighted by Crippen LogP contribution is -2.08. The smallest absolute Gasteiger partial charge is 0.287 e. The zero-order valence-electron chi connectivity index (χ0n) is 21.1. The second kappa shape index (κ2) is 19.4. The highest BCUT2D eigenvalue weighted by Gasteiger charge is 2.04. The molecule has 0 saturated heterocycles. The summed E-state index contributed by atoms with van der Waals surface area (Å²) in [6.45, 7) is 1.93. The summed E-state index contributed by atoms with van der Waals surface area (Å²) in [5, 5.41) is 32.0. The molecule has 40 heavy (non-hydrogen) atoms. The average Bonchev–Trinajstić information content (AvgIpc) is 2.99. The molecule has 4 rings (SSSR count). The molecule has 0 aliphatic carbocycles. The van der Waals surface area contributed by atoms with Crippen molar-refractivity contribution >= 4 is 35.5 Å². The highest BCUT2D eigenvalue weighted by molar-refractivity contribution is 5.77. The van der Waals surface area contributed by atoms with E-state index in [9.17, 15) is 25.0 Å². The van der Waals surface area contributed by atoms with Crippen LogP contribution in [0.5, 0.6) is 0 Å². The summed E-state index contributed by atoms with van der Waals surface area (Å²) in [4.78, 5) is 44.7. The lowest BCUT2D eigenvalue weighted by Gasteiger charge is -1.97. The minimum absolute atomic E-state index is 0.0519. The molecule has 0 aliphatic rings. The molecule has 0 atom stereocenters. The first-order chi connectivity index (χ1) is 19.3. The van der Waals surface area contributed by atoms with Gasteiger partial charge in [0.1, 0.15) is 29.7 Å². The van der Waals surface area contributed by atoms with Gasteiger partial charge in [-0.3, -0.25) is 40.4 Å². The minimum atomic E-state index is -0.521. The predicted molar refractivity (Wildman–Crippen MR) is 147 cm³/mol. The zero-order valence-corrected chi connectivity index (χ0v) is 21.1. The molecule has 0 unspecified atom stereocenters. The molecule has 4 heterocycles. The van der Waals surface area contributed by atoms with Crippen LogP contribution in [-0.4, -0.2) is 54.0 Å². The van der Waals surface area contributed by atoms with Crippen molar-refractivity contribution in [2.75, 3.05) is 17.5 Å². The molecule has 208 valence electrons. The monoisotopic (exact) mass is 550 g/mol. The number of nitrogens with zero attached hydrogens (tertiary/aromatic N) is 7. The number of hydrazine groups is 1. The van der Waals surface area contributed by atoms with Gasteiger partial charge in [0.15, 0.2) is 6.29 Å². The van der Waals surface area contributed by atoms with Gasteiger partial charge in [-0.15, -0.1) is 0 Å². The first-order valence-corrected chi connectivity index (χ1v) is 11.2. The number of pyridine rings is 4. The number of hydrogen-bond donors (Lipinski definition) is 4. The first-order valence-electron chi connectivity index (χ1n) is 11.2. The van der Waals surface area contributed by atoms with Gasteiger partial charge >= 0.3 is 0 Å². The molecule has 0 saturated carbocycles. The van der Waals surface area contributed by atoms with Gasteiger partial charge in [-0.25, -0.2) is 15.8 Å². The fourth-order valence-corrected chi connectivity index (χ4v) is 2.20. The number of carbonyl (C=O) groups excluding carboxylic acids is 1. The summed E-state index contributed by atoms with van der Waals surface area (Å²) in [7, 11) is 0. The molecule has 0 amide bonds. The van der Waals surface area contributed by atoms with E-state index in [1.54, 1.807) is 43.6 Å². The van der Waals surface area contributed by atoms with Crippen LogP contribution < -0.4 is 16.7 Å². The molecule has 0 aliphatic heterocycles. The fraction of sp³-hybridized carbons (Fsp3) is 0.0833. The highest BCUT2D eigenvalue weighted by atomic mass is 16.6. The fourth-order valence-electron chi connectivity index (χ4n) is 2.20. The van der Waals surface area contributed by atoms with Gasteiger partial charge in [-0.05, 0) is 43.3 Å². The number of hydrogen-bond acceptors (Lipinski definition) is 14. The highest BCUT2D eigenvalue weighted by Crippen LogP contribution is 2.11. The quantitative estimate of drug-likeness (QED) is 0.0851. The van der Waals surface area contributed by atoms with Crippen LogP contribution in [0, 0.1) is 20.2 Å². The second-order valence-electron chi connectivity index (χ2n) is 6.78. The number of hydrazone groups is 1. The molecular weight excluding hydrogens is 524 g/mol. The van der Waals surface area contributed by atoms with Crippen molar-refractivity contribution in [3.05, 3.63) is 117 Å². The maximum absolute atomic E-state index is 10.4. The summed E-state index contributed by atoms with van der Waals surface area (Å²) in [6, 6.07) is 16.2. The lowest BCUT2D eigenvalue weighted by atomic mass is 10.4.